The number of anilines is 1. The maximum Gasteiger partial charge on any atom is 0.268 e. The molecule has 3 aliphatic heterocycles. The van der Waals surface area contributed by atoms with Crippen LogP contribution < -0.4 is 15.2 Å². The molecule has 3 aliphatic rings. The van der Waals surface area contributed by atoms with Crippen molar-refractivity contribution in [2.24, 2.45) is 12.5 Å². The molecule has 0 radical (unpaired) electrons. The topological polar surface area (TPSA) is 111 Å². The highest BCUT2D eigenvalue weighted by atomic mass is 32.2. The summed E-state index contributed by atoms with van der Waals surface area (Å²) in [6.07, 6.45) is 8.92. The summed E-state index contributed by atoms with van der Waals surface area (Å²) in [6, 6.07) is 4.00. The largest absolute Gasteiger partial charge is 0.598 e. The van der Waals surface area contributed by atoms with E-state index in [2.05, 4.69) is 33.4 Å². The van der Waals surface area contributed by atoms with Gasteiger partial charge in [-0.05, 0) is 38.3 Å². The van der Waals surface area contributed by atoms with Crippen LogP contribution in [0.15, 0.2) is 45.3 Å². The fraction of sp³-hybridized carbons (Fsp3) is 0.560. The SMILES string of the molecule is CCC1(C)C[C@@H]2OCC3(CCN(c4ncc(Sc5ccnc6[nH]ccc56)c(=O)n4C)CC3)[C@@H]2N[S+]1[O-]. The van der Waals surface area contributed by atoms with Gasteiger partial charge in [0, 0.05) is 66.0 Å². The molecule has 11 heteroatoms. The Morgan fingerprint density at radius 1 is 1.28 bits per heavy atom. The molecule has 192 valence electrons. The van der Waals surface area contributed by atoms with E-state index in [4.69, 9.17) is 9.72 Å². The van der Waals surface area contributed by atoms with Gasteiger partial charge in [0.15, 0.2) is 0 Å². The van der Waals surface area contributed by atoms with Crippen LogP contribution in [0.25, 0.3) is 11.0 Å². The second kappa shape index (κ2) is 9.05. The van der Waals surface area contributed by atoms with Crippen LogP contribution in [-0.2, 0) is 23.1 Å². The Hall–Kier alpha value is -2.05. The zero-order valence-corrected chi connectivity index (χ0v) is 22.5. The van der Waals surface area contributed by atoms with Gasteiger partial charge in [0.25, 0.3) is 5.56 Å². The maximum absolute atomic E-state index is 13.3. The van der Waals surface area contributed by atoms with Crippen LogP contribution in [0.1, 0.15) is 39.5 Å². The van der Waals surface area contributed by atoms with Gasteiger partial charge < -0.3 is 19.2 Å². The number of hydrogen-bond acceptors (Lipinski definition) is 8. The monoisotopic (exact) mass is 528 g/mol. The van der Waals surface area contributed by atoms with Gasteiger partial charge in [-0.15, -0.1) is 4.72 Å². The Morgan fingerprint density at radius 2 is 2.08 bits per heavy atom. The summed E-state index contributed by atoms with van der Waals surface area (Å²) in [5.41, 5.74) is 0.722. The molecule has 0 aliphatic carbocycles. The third kappa shape index (κ3) is 3.87. The fourth-order valence-electron chi connectivity index (χ4n) is 5.89. The highest BCUT2D eigenvalue weighted by Gasteiger charge is 2.59. The van der Waals surface area contributed by atoms with Gasteiger partial charge in [0.2, 0.25) is 5.95 Å². The van der Waals surface area contributed by atoms with Crippen molar-refractivity contribution in [2.45, 2.75) is 66.2 Å². The highest BCUT2D eigenvalue weighted by Crippen LogP contribution is 2.48. The number of nitrogens with one attached hydrogen (secondary N) is 2. The number of rotatable bonds is 4. The molecule has 9 nitrogen and oxygen atoms in total. The average molecular weight is 529 g/mol. The molecule has 3 aromatic rings. The first kappa shape index (κ1) is 24.3. The molecule has 6 rings (SSSR count). The minimum atomic E-state index is -1.07. The van der Waals surface area contributed by atoms with Crippen molar-refractivity contribution in [1.29, 1.82) is 0 Å². The molecular weight excluding hydrogens is 496 g/mol. The van der Waals surface area contributed by atoms with Crippen molar-refractivity contribution in [1.82, 2.24) is 24.2 Å². The summed E-state index contributed by atoms with van der Waals surface area (Å²) in [5.74, 6) is 0.690. The van der Waals surface area contributed by atoms with Gasteiger partial charge in [0.05, 0.1) is 29.8 Å². The Bertz CT molecular complexity index is 1340. The molecule has 3 fully saturated rings. The molecule has 1 spiro atoms. The molecule has 0 bridgehead atoms. The van der Waals surface area contributed by atoms with Crippen LogP contribution in [0.2, 0.25) is 0 Å². The van der Waals surface area contributed by atoms with Crippen molar-refractivity contribution in [3.63, 3.8) is 0 Å². The number of piperidine rings is 1. The molecule has 4 atom stereocenters. The first-order valence-corrected chi connectivity index (χ1v) is 14.5. The molecular formula is C25H32N6O3S2. The minimum absolute atomic E-state index is 0.0240. The van der Waals surface area contributed by atoms with E-state index in [1.165, 1.54) is 11.8 Å². The molecule has 3 aromatic heterocycles. The van der Waals surface area contributed by atoms with Crippen LogP contribution in [-0.4, -0.2) is 60.7 Å². The number of H-pyrrole nitrogens is 1. The molecule has 2 unspecified atom stereocenters. The van der Waals surface area contributed by atoms with E-state index in [1.54, 1.807) is 24.0 Å². The first-order chi connectivity index (χ1) is 17.3. The molecule has 6 heterocycles. The minimum Gasteiger partial charge on any atom is -0.598 e. The van der Waals surface area contributed by atoms with E-state index in [0.29, 0.717) is 17.5 Å². The average Bonchev–Trinajstić information content (AvgIpc) is 3.49. The van der Waals surface area contributed by atoms with Crippen LogP contribution >= 0.6 is 11.8 Å². The van der Waals surface area contributed by atoms with Crippen LogP contribution in [0, 0.1) is 5.41 Å². The molecule has 0 aromatic carbocycles. The lowest BCUT2D eigenvalue weighted by Gasteiger charge is -2.47. The van der Waals surface area contributed by atoms with E-state index in [1.807, 2.05) is 18.3 Å². The van der Waals surface area contributed by atoms with E-state index in [9.17, 15) is 9.35 Å². The van der Waals surface area contributed by atoms with Crippen molar-refractivity contribution in [3.8, 4) is 0 Å². The zero-order valence-electron chi connectivity index (χ0n) is 20.8. The third-order valence-electron chi connectivity index (χ3n) is 8.47. The molecule has 3 saturated heterocycles. The third-order valence-corrected chi connectivity index (χ3v) is 11.4. The predicted octanol–water partition coefficient (Wildman–Crippen LogP) is 2.99. The summed E-state index contributed by atoms with van der Waals surface area (Å²) in [4.78, 5) is 29.2. The smallest absolute Gasteiger partial charge is 0.268 e. The summed E-state index contributed by atoms with van der Waals surface area (Å²) in [7, 11) is 1.80. The second-order valence-corrected chi connectivity index (χ2v) is 13.4. The highest BCUT2D eigenvalue weighted by molar-refractivity contribution is 7.99. The van der Waals surface area contributed by atoms with Gasteiger partial charge in [-0.3, -0.25) is 9.36 Å². The van der Waals surface area contributed by atoms with Gasteiger partial charge in [-0.25, -0.2) is 9.97 Å². The van der Waals surface area contributed by atoms with Gasteiger partial charge >= 0.3 is 0 Å². The van der Waals surface area contributed by atoms with Crippen molar-refractivity contribution in [3.05, 3.63) is 41.1 Å². The Morgan fingerprint density at radius 3 is 2.86 bits per heavy atom. The van der Waals surface area contributed by atoms with E-state index in [0.717, 1.165) is 54.7 Å². The first-order valence-electron chi connectivity index (χ1n) is 12.5. The van der Waals surface area contributed by atoms with Crippen molar-refractivity contribution in [2.75, 3.05) is 24.6 Å². The number of aromatic amines is 1. The summed E-state index contributed by atoms with van der Waals surface area (Å²) >= 11 is 0.350. The molecule has 0 amide bonds. The summed E-state index contributed by atoms with van der Waals surface area (Å²) in [6.45, 7) is 6.46. The number of fused-ring (bicyclic) bond motifs is 3. The standard InChI is InChI=1S/C25H32N6O3S2/c1-4-24(2)13-17-20(29-36(24)33)25(15-34-17)7-11-31(12-8-25)23-28-14-19(22(32)30(23)3)35-18-6-10-27-21-16(18)5-9-26-21/h5-6,9-10,14,17,20,29H,4,7-8,11-13,15H2,1-3H3,(H,26,27)/t17-,20+,24?,36?/m0/s1. The van der Waals surface area contributed by atoms with Crippen molar-refractivity contribution >= 4 is 40.1 Å². The second-order valence-electron chi connectivity index (χ2n) is 10.5. The van der Waals surface area contributed by atoms with Crippen LogP contribution in [0.4, 0.5) is 5.95 Å². The predicted molar refractivity (Wildman–Crippen MR) is 142 cm³/mol. The van der Waals surface area contributed by atoms with E-state index >= 15 is 0 Å². The van der Waals surface area contributed by atoms with Gasteiger partial charge in [-0.2, -0.15) is 0 Å². The number of ether oxygens (including phenoxy) is 1. The fourth-order valence-corrected chi connectivity index (χ4v) is 8.36. The Balaban J connectivity index is 1.18. The normalized spacial score (nSPS) is 29.7. The van der Waals surface area contributed by atoms with Crippen LogP contribution in [0.3, 0.4) is 0 Å². The maximum atomic E-state index is 13.3. The van der Waals surface area contributed by atoms with Gasteiger partial charge in [-0.1, -0.05) is 18.7 Å². The number of nitrogens with zero attached hydrogens (tertiary/aromatic N) is 4. The van der Waals surface area contributed by atoms with Crippen LogP contribution in [0.5, 0.6) is 0 Å². The zero-order chi connectivity index (χ0) is 25.1. The molecule has 36 heavy (non-hydrogen) atoms. The summed E-state index contributed by atoms with van der Waals surface area (Å²) < 4.78 is 24.1. The number of hydrogen-bond donors (Lipinski definition) is 2. The van der Waals surface area contributed by atoms with Gasteiger partial charge in [0.1, 0.15) is 10.4 Å². The van der Waals surface area contributed by atoms with E-state index < -0.39 is 11.4 Å². The number of aromatic nitrogens is 4. The molecule has 2 N–H and O–H groups in total. The lowest BCUT2D eigenvalue weighted by Crippen LogP contribution is -2.63. The number of pyridine rings is 1. The Kier molecular flexibility index (Phi) is 6.11. The lowest BCUT2D eigenvalue weighted by molar-refractivity contribution is 0.0728. The molecule has 0 saturated carbocycles. The summed E-state index contributed by atoms with van der Waals surface area (Å²) in [5, 5.41) is 0.989. The Labute approximate surface area is 217 Å². The quantitative estimate of drug-likeness (QED) is 0.497. The van der Waals surface area contributed by atoms with E-state index in [-0.39, 0.29) is 27.9 Å². The lowest BCUT2D eigenvalue weighted by atomic mass is 9.72. The van der Waals surface area contributed by atoms with Crippen molar-refractivity contribution < 1.29 is 9.29 Å².